The number of unbranched alkanes of at least 4 members (excludes halogenated alkanes) is 2. The molecular formula is C23H22FN3O. The maximum absolute atomic E-state index is 14.1. The van der Waals surface area contributed by atoms with Gasteiger partial charge < -0.3 is 9.72 Å². The van der Waals surface area contributed by atoms with Crippen LogP contribution in [0.5, 0.6) is 5.75 Å². The van der Waals surface area contributed by atoms with Gasteiger partial charge in [-0.3, -0.25) is 0 Å². The van der Waals surface area contributed by atoms with E-state index in [-0.39, 0.29) is 5.82 Å². The second-order valence-electron chi connectivity index (χ2n) is 6.74. The first-order valence-corrected chi connectivity index (χ1v) is 9.58. The molecule has 142 valence electrons. The number of benzene rings is 2. The molecule has 0 aliphatic carbocycles. The molecule has 0 atom stereocenters. The number of ether oxygens (including phenoxy) is 1. The van der Waals surface area contributed by atoms with Crippen molar-refractivity contribution in [1.29, 1.82) is 0 Å². The number of H-pyrrole nitrogens is 1. The molecule has 4 aromatic rings. The largest absolute Gasteiger partial charge is 0.494 e. The van der Waals surface area contributed by atoms with Crippen LogP contribution in [0.25, 0.3) is 33.7 Å². The van der Waals surface area contributed by atoms with E-state index < -0.39 is 0 Å². The molecule has 2 aromatic heterocycles. The molecule has 0 aliphatic rings. The molecule has 5 heteroatoms. The number of aromatic amines is 1. The molecule has 0 aliphatic heterocycles. The Labute approximate surface area is 163 Å². The first-order chi connectivity index (χ1) is 13.7. The molecule has 4 nitrogen and oxygen atoms in total. The number of fused-ring (bicyclic) bond motifs is 1. The summed E-state index contributed by atoms with van der Waals surface area (Å²) >= 11 is 0. The predicted octanol–water partition coefficient (Wildman–Crippen LogP) is 6.00. The van der Waals surface area contributed by atoms with Crippen LogP contribution in [0.4, 0.5) is 4.39 Å². The van der Waals surface area contributed by atoms with Crippen LogP contribution < -0.4 is 4.74 Å². The summed E-state index contributed by atoms with van der Waals surface area (Å²) in [4.78, 5) is 12.3. The monoisotopic (exact) mass is 375 g/mol. The lowest BCUT2D eigenvalue weighted by Gasteiger charge is -2.06. The minimum atomic E-state index is -0.267. The van der Waals surface area contributed by atoms with Crippen LogP contribution in [0, 0.1) is 5.82 Å². The number of aromatic nitrogens is 3. The number of rotatable bonds is 7. The van der Waals surface area contributed by atoms with Crippen molar-refractivity contribution in [3.63, 3.8) is 0 Å². The van der Waals surface area contributed by atoms with E-state index in [1.807, 2.05) is 36.4 Å². The minimum absolute atomic E-state index is 0.267. The molecule has 1 N–H and O–H groups in total. The SMILES string of the molecule is CCCCCOc1cccc(-c2nc3ncc(-c4ccccc4F)cc3[nH]2)c1. The smallest absolute Gasteiger partial charge is 0.178 e. The van der Waals surface area contributed by atoms with Crippen molar-refractivity contribution in [2.24, 2.45) is 0 Å². The van der Waals surface area contributed by atoms with Gasteiger partial charge in [0.05, 0.1) is 12.1 Å². The minimum Gasteiger partial charge on any atom is -0.494 e. The molecule has 4 rings (SSSR count). The summed E-state index contributed by atoms with van der Waals surface area (Å²) in [5.41, 5.74) is 3.54. The molecule has 28 heavy (non-hydrogen) atoms. The van der Waals surface area contributed by atoms with Crippen molar-refractivity contribution in [3.05, 3.63) is 66.6 Å². The van der Waals surface area contributed by atoms with Gasteiger partial charge >= 0.3 is 0 Å². The number of pyridine rings is 1. The number of nitrogens with one attached hydrogen (secondary N) is 1. The van der Waals surface area contributed by atoms with Gasteiger partial charge in [0, 0.05) is 22.9 Å². The fourth-order valence-corrected chi connectivity index (χ4v) is 3.15. The second-order valence-corrected chi connectivity index (χ2v) is 6.74. The van der Waals surface area contributed by atoms with Crippen LogP contribution in [-0.2, 0) is 0 Å². The van der Waals surface area contributed by atoms with E-state index in [0.717, 1.165) is 23.3 Å². The van der Waals surface area contributed by atoms with Crippen LogP contribution in [0.2, 0.25) is 0 Å². The second kappa shape index (κ2) is 8.21. The number of nitrogens with zero attached hydrogens (tertiary/aromatic N) is 2. The van der Waals surface area contributed by atoms with Crippen molar-refractivity contribution in [2.75, 3.05) is 6.61 Å². The van der Waals surface area contributed by atoms with E-state index in [1.54, 1.807) is 18.3 Å². The van der Waals surface area contributed by atoms with Gasteiger partial charge in [-0.05, 0) is 30.7 Å². The zero-order valence-corrected chi connectivity index (χ0v) is 15.8. The Balaban J connectivity index is 1.61. The van der Waals surface area contributed by atoms with E-state index in [2.05, 4.69) is 21.9 Å². The summed E-state index contributed by atoms with van der Waals surface area (Å²) in [7, 11) is 0. The van der Waals surface area contributed by atoms with E-state index in [4.69, 9.17) is 4.74 Å². The fourth-order valence-electron chi connectivity index (χ4n) is 3.15. The first-order valence-electron chi connectivity index (χ1n) is 9.58. The number of imidazole rings is 1. The molecule has 0 unspecified atom stereocenters. The van der Waals surface area contributed by atoms with Crippen LogP contribution in [0.15, 0.2) is 60.8 Å². The molecule has 0 spiro atoms. The van der Waals surface area contributed by atoms with Crippen LogP contribution in [-0.4, -0.2) is 21.6 Å². The third-order valence-corrected chi connectivity index (χ3v) is 4.65. The molecular weight excluding hydrogens is 353 g/mol. The van der Waals surface area contributed by atoms with Gasteiger partial charge in [-0.2, -0.15) is 0 Å². The van der Waals surface area contributed by atoms with Gasteiger partial charge in [-0.15, -0.1) is 0 Å². The normalized spacial score (nSPS) is 11.1. The van der Waals surface area contributed by atoms with Gasteiger partial charge in [0.15, 0.2) is 5.65 Å². The number of hydrogen-bond donors (Lipinski definition) is 1. The summed E-state index contributed by atoms with van der Waals surface area (Å²) in [6, 6.07) is 16.4. The molecule has 0 saturated heterocycles. The average Bonchev–Trinajstić information content (AvgIpc) is 3.15. The highest BCUT2D eigenvalue weighted by Crippen LogP contribution is 2.27. The molecule has 2 aromatic carbocycles. The lowest BCUT2D eigenvalue weighted by molar-refractivity contribution is 0.306. The highest BCUT2D eigenvalue weighted by Gasteiger charge is 2.10. The zero-order chi connectivity index (χ0) is 19.3. The first kappa shape index (κ1) is 18.2. The zero-order valence-electron chi connectivity index (χ0n) is 15.8. The van der Waals surface area contributed by atoms with Crippen molar-refractivity contribution in [3.8, 4) is 28.3 Å². The molecule has 0 bridgehead atoms. The lowest BCUT2D eigenvalue weighted by atomic mass is 10.1. The Morgan fingerprint density at radius 2 is 1.89 bits per heavy atom. The molecule has 0 fully saturated rings. The number of halogens is 1. The summed E-state index contributed by atoms with van der Waals surface area (Å²) in [5, 5.41) is 0. The van der Waals surface area contributed by atoms with Crippen LogP contribution in [0.3, 0.4) is 0 Å². The average molecular weight is 375 g/mol. The summed E-state index contributed by atoms with van der Waals surface area (Å²) in [5.74, 6) is 1.28. The Bertz CT molecular complexity index is 1090. The van der Waals surface area contributed by atoms with Crippen LogP contribution >= 0.6 is 0 Å². The highest BCUT2D eigenvalue weighted by molar-refractivity contribution is 5.81. The van der Waals surface area contributed by atoms with E-state index in [9.17, 15) is 4.39 Å². The topological polar surface area (TPSA) is 50.8 Å². The Morgan fingerprint density at radius 3 is 2.75 bits per heavy atom. The van der Waals surface area contributed by atoms with Gasteiger partial charge in [-0.25, -0.2) is 14.4 Å². The summed E-state index contributed by atoms with van der Waals surface area (Å²) < 4.78 is 19.9. The van der Waals surface area contributed by atoms with Gasteiger partial charge in [0.2, 0.25) is 0 Å². The predicted molar refractivity (Wildman–Crippen MR) is 110 cm³/mol. The van der Waals surface area contributed by atoms with E-state index >= 15 is 0 Å². The van der Waals surface area contributed by atoms with Gasteiger partial charge in [-0.1, -0.05) is 50.1 Å². The van der Waals surface area contributed by atoms with E-state index in [1.165, 1.54) is 18.9 Å². The highest BCUT2D eigenvalue weighted by atomic mass is 19.1. The quantitative estimate of drug-likeness (QED) is 0.403. The van der Waals surface area contributed by atoms with Crippen LogP contribution in [0.1, 0.15) is 26.2 Å². The summed E-state index contributed by atoms with van der Waals surface area (Å²) in [6.07, 6.45) is 5.04. The number of hydrogen-bond acceptors (Lipinski definition) is 3. The van der Waals surface area contributed by atoms with Gasteiger partial charge in [0.25, 0.3) is 0 Å². The standard InChI is InChI=1S/C23H22FN3O/c1-2-3-6-12-28-18-9-7-8-16(13-18)22-26-21-14-17(15-25-23(21)27-22)19-10-4-5-11-20(19)24/h4-5,7-11,13-15H,2-3,6,12H2,1H3,(H,25,26,27). The lowest BCUT2D eigenvalue weighted by Crippen LogP contribution is -1.97. The fraction of sp³-hybridized carbons (Fsp3) is 0.217. The maximum atomic E-state index is 14.1. The third kappa shape index (κ3) is 3.88. The molecule has 0 saturated carbocycles. The summed E-state index contributed by atoms with van der Waals surface area (Å²) in [6.45, 7) is 2.89. The van der Waals surface area contributed by atoms with E-state index in [0.29, 0.717) is 29.2 Å². The Kier molecular flexibility index (Phi) is 5.33. The van der Waals surface area contributed by atoms with Crippen molar-refractivity contribution >= 4 is 11.2 Å². The van der Waals surface area contributed by atoms with Crippen molar-refractivity contribution < 1.29 is 9.13 Å². The van der Waals surface area contributed by atoms with Gasteiger partial charge in [0.1, 0.15) is 17.4 Å². The Hall–Kier alpha value is -3.21. The van der Waals surface area contributed by atoms with Crippen molar-refractivity contribution in [1.82, 2.24) is 15.0 Å². The maximum Gasteiger partial charge on any atom is 0.178 e. The molecule has 0 amide bonds. The Morgan fingerprint density at radius 1 is 1.00 bits per heavy atom. The third-order valence-electron chi connectivity index (χ3n) is 4.65. The molecule has 2 heterocycles. The molecule has 0 radical (unpaired) electrons. The van der Waals surface area contributed by atoms with Crippen molar-refractivity contribution in [2.45, 2.75) is 26.2 Å².